The van der Waals surface area contributed by atoms with Gasteiger partial charge < -0.3 is 15.7 Å². The number of hydrogen-bond acceptors (Lipinski definition) is 2. The molecule has 3 N–H and O–H groups in total. The highest BCUT2D eigenvalue weighted by Gasteiger charge is 2.29. The van der Waals surface area contributed by atoms with E-state index in [1.165, 1.54) is 0 Å². The first kappa shape index (κ1) is 13.4. The predicted octanol–water partition coefficient (Wildman–Crippen LogP) is 2.61. The molecule has 1 aromatic carbocycles. The van der Waals surface area contributed by atoms with Gasteiger partial charge in [0, 0.05) is 6.04 Å². The van der Waals surface area contributed by atoms with Crippen molar-refractivity contribution in [2.75, 3.05) is 5.32 Å². The first-order chi connectivity index (χ1) is 8.99. The van der Waals surface area contributed by atoms with Crippen LogP contribution in [-0.2, 0) is 0 Å². The summed E-state index contributed by atoms with van der Waals surface area (Å²) in [5.41, 5.74) is 1.09. The molecule has 5 nitrogen and oxygen atoms in total. The van der Waals surface area contributed by atoms with Crippen molar-refractivity contribution in [2.45, 2.75) is 32.7 Å². The van der Waals surface area contributed by atoms with Gasteiger partial charge in [0.25, 0.3) is 0 Å². The summed E-state index contributed by atoms with van der Waals surface area (Å²) in [5.74, 6) is -0.481. The van der Waals surface area contributed by atoms with Gasteiger partial charge in [-0.2, -0.15) is 0 Å². The number of carboxylic acid groups (broad SMARTS) is 1. The summed E-state index contributed by atoms with van der Waals surface area (Å²) in [7, 11) is 0. The topological polar surface area (TPSA) is 78.4 Å². The number of nitrogens with one attached hydrogen (secondary N) is 2. The van der Waals surface area contributed by atoms with Crippen LogP contribution in [-0.4, -0.2) is 23.1 Å². The molecule has 0 aliphatic heterocycles. The van der Waals surface area contributed by atoms with Crippen LogP contribution in [0.5, 0.6) is 0 Å². The number of carbonyl (C=O) groups excluding carboxylic acids is 1. The zero-order chi connectivity index (χ0) is 14.0. The Hall–Kier alpha value is -2.04. The zero-order valence-electron chi connectivity index (χ0n) is 11.1. The third-order valence-electron chi connectivity index (χ3n) is 3.42. The van der Waals surface area contributed by atoms with Gasteiger partial charge in [-0.1, -0.05) is 12.1 Å². The van der Waals surface area contributed by atoms with Crippen molar-refractivity contribution in [3.05, 3.63) is 29.3 Å². The Morgan fingerprint density at radius 2 is 2.05 bits per heavy atom. The molecule has 1 fully saturated rings. The average molecular weight is 262 g/mol. The van der Waals surface area contributed by atoms with Gasteiger partial charge in [-0.15, -0.1) is 0 Å². The molecule has 1 atom stereocenters. The Balaban J connectivity index is 2.07. The van der Waals surface area contributed by atoms with E-state index < -0.39 is 5.97 Å². The van der Waals surface area contributed by atoms with E-state index in [4.69, 9.17) is 5.11 Å². The minimum Gasteiger partial charge on any atom is -0.478 e. The van der Waals surface area contributed by atoms with Crippen molar-refractivity contribution < 1.29 is 14.7 Å². The molecule has 0 heterocycles. The molecule has 19 heavy (non-hydrogen) atoms. The summed E-state index contributed by atoms with van der Waals surface area (Å²) in [6.45, 7) is 3.67. The summed E-state index contributed by atoms with van der Waals surface area (Å²) in [5, 5.41) is 14.6. The smallest absolute Gasteiger partial charge is 0.338 e. The fraction of sp³-hybridized carbons (Fsp3) is 0.429. The summed E-state index contributed by atoms with van der Waals surface area (Å²) in [6.07, 6.45) is 2.29. The van der Waals surface area contributed by atoms with E-state index in [0.29, 0.717) is 17.2 Å². The fourth-order valence-corrected chi connectivity index (χ4v) is 2.14. The lowest BCUT2D eigenvalue weighted by atomic mass is 10.1. The van der Waals surface area contributed by atoms with Gasteiger partial charge in [0.2, 0.25) is 0 Å². The van der Waals surface area contributed by atoms with Crippen LogP contribution >= 0.6 is 0 Å². The first-order valence-electron chi connectivity index (χ1n) is 6.39. The summed E-state index contributed by atoms with van der Waals surface area (Å²) in [4.78, 5) is 23.0. The molecule has 0 aromatic heterocycles. The maximum absolute atomic E-state index is 11.8. The van der Waals surface area contributed by atoms with Crippen LogP contribution in [0.3, 0.4) is 0 Å². The molecule has 102 valence electrons. The van der Waals surface area contributed by atoms with Crippen LogP contribution < -0.4 is 10.6 Å². The number of aromatic carboxylic acids is 1. The second-order valence-corrected chi connectivity index (χ2v) is 5.03. The molecule has 1 aliphatic rings. The van der Waals surface area contributed by atoms with Crippen molar-refractivity contribution in [1.29, 1.82) is 0 Å². The van der Waals surface area contributed by atoms with Crippen molar-refractivity contribution in [2.24, 2.45) is 5.92 Å². The molecule has 0 spiro atoms. The molecule has 0 radical (unpaired) electrons. The monoisotopic (exact) mass is 262 g/mol. The van der Waals surface area contributed by atoms with Crippen molar-refractivity contribution in [1.82, 2.24) is 5.32 Å². The standard InChI is InChI=1S/C14H18N2O3/c1-8-4-3-5-11(12(8)13(17)18)16-14(19)15-9(2)10-6-7-10/h3-5,9-10H,6-7H2,1-2H3,(H,17,18)(H2,15,16,19). The van der Waals surface area contributed by atoms with Gasteiger partial charge in [-0.25, -0.2) is 9.59 Å². The Morgan fingerprint density at radius 3 is 2.63 bits per heavy atom. The third-order valence-corrected chi connectivity index (χ3v) is 3.42. The van der Waals surface area contributed by atoms with Crippen LogP contribution in [0.2, 0.25) is 0 Å². The summed E-state index contributed by atoms with van der Waals surface area (Å²) < 4.78 is 0. The fourth-order valence-electron chi connectivity index (χ4n) is 2.14. The lowest BCUT2D eigenvalue weighted by Crippen LogP contribution is -2.37. The molecule has 0 bridgehead atoms. The van der Waals surface area contributed by atoms with Crippen LogP contribution in [0.1, 0.15) is 35.7 Å². The molecular formula is C14H18N2O3. The van der Waals surface area contributed by atoms with E-state index in [1.807, 2.05) is 6.92 Å². The number of anilines is 1. The van der Waals surface area contributed by atoms with Crippen molar-refractivity contribution in [3.8, 4) is 0 Å². The van der Waals surface area contributed by atoms with Gasteiger partial charge in [-0.05, 0) is 44.2 Å². The molecule has 1 unspecified atom stereocenters. The number of carbonyl (C=O) groups is 2. The van der Waals surface area contributed by atoms with Crippen LogP contribution in [0.4, 0.5) is 10.5 Å². The van der Waals surface area contributed by atoms with Crippen LogP contribution in [0.15, 0.2) is 18.2 Å². The van der Waals surface area contributed by atoms with E-state index >= 15 is 0 Å². The summed E-state index contributed by atoms with van der Waals surface area (Å²) in [6, 6.07) is 4.80. The second-order valence-electron chi connectivity index (χ2n) is 5.03. The van der Waals surface area contributed by atoms with Gasteiger partial charge in [0.05, 0.1) is 11.3 Å². The maximum Gasteiger partial charge on any atom is 0.338 e. The van der Waals surface area contributed by atoms with Gasteiger partial charge >= 0.3 is 12.0 Å². The summed E-state index contributed by atoms with van der Waals surface area (Å²) >= 11 is 0. The lowest BCUT2D eigenvalue weighted by molar-refractivity contribution is 0.0697. The molecule has 2 rings (SSSR count). The minimum atomic E-state index is -1.04. The molecule has 0 saturated heterocycles. The number of carboxylic acids is 1. The highest BCUT2D eigenvalue weighted by atomic mass is 16.4. The third kappa shape index (κ3) is 3.24. The first-order valence-corrected chi connectivity index (χ1v) is 6.39. The van der Waals surface area contributed by atoms with Gasteiger partial charge in [0.1, 0.15) is 0 Å². The predicted molar refractivity (Wildman–Crippen MR) is 72.5 cm³/mol. The quantitative estimate of drug-likeness (QED) is 0.780. The number of amides is 2. The van der Waals surface area contributed by atoms with Crippen LogP contribution in [0.25, 0.3) is 0 Å². The van der Waals surface area contributed by atoms with E-state index in [-0.39, 0.29) is 17.6 Å². The Bertz CT molecular complexity index is 509. The lowest BCUT2D eigenvalue weighted by Gasteiger charge is -2.15. The Morgan fingerprint density at radius 1 is 1.37 bits per heavy atom. The number of benzene rings is 1. The maximum atomic E-state index is 11.8. The van der Waals surface area contributed by atoms with Crippen molar-refractivity contribution in [3.63, 3.8) is 0 Å². The number of aryl methyl sites for hydroxylation is 1. The SMILES string of the molecule is Cc1cccc(NC(=O)NC(C)C2CC2)c1C(=O)O. The highest BCUT2D eigenvalue weighted by Crippen LogP contribution is 2.32. The second kappa shape index (κ2) is 5.30. The number of rotatable bonds is 4. The molecule has 1 saturated carbocycles. The molecule has 5 heteroatoms. The normalized spacial score (nSPS) is 15.7. The van der Waals surface area contributed by atoms with Gasteiger partial charge in [0.15, 0.2) is 0 Å². The zero-order valence-corrected chi connectivity index (χ0v) is 11.1. The highest BCUT2D eigenvalue weighted by molar-refractivity contribution is 6.01. The Labute approximate surface area is 112 Å². The minimum absolute atomic E-state index is 0.123. The van der Waals surface area contributed by atoms with Gasteiger partial charge in [-0.3, -0.25) is 0 Å². The molecule has 1 aliphatic carbocycles. The largest absolute Gasteiger partial charge is 0.478 e. The van der Waals surface area contributed by atoms with E-state index in [1.54, 1.807) is 25.1 Å². The average Bonchev–Trinajstić information content (AvgIpc) is 3.11. The van der Waals surface area contributed by atoms with E-state index in [2.05, 4.69) is 10.6 Å². The molecule has 2 amide bonds. The molecular weight excluding hydrogens is 244 g/mol. The van der Waals surface area contributed by atoms with Crippen molar-refractivity contribution >= 4 is 17.7 Å². The van der Waals surface area contributed by atoms with E-state index in [9.17, 15) is 9.59 Å². The molecule has 1 aromatic rings. The van der Waals surface area contributed by atoms with E-state index in [0.717, 1.165) is 12.8 Å². The number of urea groups is 1. The number of hydrogen-bond donors (Lipinski definition) is 3. The Kier molecular flexibility index (Phi) is 3.74. The van der Waals surface area contributed by atoms with Crippen LogP contribution in [0, 0.1) is 12.8 Å².